The lowest BCUT2D eigenvalue weighted by Gasteiger charge is -2.38. The molecule has 1 heterocycles. The average Bonchev–Trinajstić information content (AvgIpc) is 2.45. The predicted molar refractivity (Wildman–Crippen MR) is 73.5 cm³/mol. The lowest BCUT2D eigenvalue weighted by molar-refractivity contribution is -0.135. The summed E-state index contributed by atoms with van der Waals surface area (Å²) in [5, 5.41) is 0.165. The second-order valence-corrected chi connectivity index (χ2v) is 11.5. The number of carbonyl (C=O) groups excluding carboxylic acids is 1. The molecule has 100 valence electrons. The van der Waals surface area contributed by atoms with Crippen molar-refractivity contribution in [2.75, 3.05) is 6.54 Å². The Labute approximate surface area is 107 Å². The van der Waals surface area contributed by atoms with Crippen LogP contribution in [0.4, 0.5) is 0 Å². The molecule has 4 heteroatoms. The van der Waals surface area contributed by atoms with Crippen LogP contribution in [0.2, 0.25) is 18.1 Å². The molecule has 0 bridgehead atoms. The van der Waals surface area contributed by atoms with Gasteiger partial charge in [-0.15, -0.1) is 0 Å². The molecule has 17 heavy (non-hydrogen) atoms. The lowest BCUT2D eigenvalue weighted by atomic mass is 10.2. The van der Waals surface area contributed by atoms with Crippen LogP contribution in [-0.2, 0) is 9.22 Å². The minimum atomic E-state index is -1.82. The van der Waals surface area contributed by atoms with Gasteiger partial charge in [-0.2, -0.15) is 0 Å². The smallest absolute Gasteiger partial charge is 0.250 e. The van der Waals surface area contributed by atoms with Crippen molar-refractivity contribution in [3.8, 4) is 0 Å². The normalized spacial score (nSPS) is 22.7. The van der Waals surface area contributed by atoms with Gasteiger partial charge < -0.3 is 9.33 Å². The van der Waals surface area contributed by atoms with Crippen LogP contribution in [-0.4, -0.2) is 37.8 Å². The molecule has 1 atom stereocenters. The van der Waals surface area contributed by atoms with Gasteiger partial charge in [0.25, 0.3) is 5.91 Å². The highest BCUT2D eigenvalue weighted by Crippen LogP contribution is 2.38. The second kappa shape index (κ2) is 4.73. The third kappa shape index (κ3) is 3.10. The van der Waals surface area contributed by atoms with Crippen molar-refractivity contribution in [1.82, 2.24) is 4.90 Å². The Morgan fingerprint density at radius 3 is 2.24 bits per heavy atom. The summed E-state index contributed by atoms with van der Waals surface area (Å²) in [5.41, 5.74) is 0. The quantitative estimate of drug-likeness (QED) is 0.727. The molecule has 0 radical (unpaired) electrons. The summed E-state index contributed by atoms with van der Waals surface area (Å²) in [7, 11) is -1.82. The highest BCUT2D eigenvalue weighted by molar-refractivity contribution is 6.74. The monoisotopic (exact) mass is 257 g/mol. The van der Waals surface area contributed by atoms with Gasteiger partial charge in [0.1, 0.15) is 6.10 Å². The molecular weight excluding hydrogens is 230 g/mol. The van der Waals surface area contributed by atoms with Crippen molar-refractivity contribution in [1.29, 1.82) is 0 Å². The van der Waals surface area contributed by atoms with Crippen molar-refractivity contribution >= 4 is 14.2 Å². The first-order chi connectivity index (χ1) is 7.56. The van der Waals surface area contributed by atoms with Crippen LogP contribution in [0.15, 0.2) is 0 Å². The maximum Gasteiger partial charge on any atom is 0.250 e. The zero-order valence-corrected chi connectivity index (χ0v) is 13.3. The Morgan fingerprint density at radius 2 is 1.88 bits per heavy atom. The fraction of sp³-hybridized carbons (Fsp3) is 0.923. The molecule has 1 fully saturated rings. The molecule has 0 spiro atoms. The SMILES string of the molecule is CC(C)N1CCC(O[Si](C)(C)C(C)(C)C)C1=O. The van der Waals surface area contributed by atoms with Crippen molar-refractivity contribution in [2.24, 2.45) is 0 Å². The number of likely N-dealkylation sites (tertiary alicyclic amines) is 1. The van der Waals surface area contributed by atoms with E-state index in [-0.39, 0.29) is 23.1 Å². The van der Waals surface area contributed by atoms with E-state index in [4.69, 9.17) is 4.43 Å². The van der Waals surface area contributed by atoms with Gasteiger partial charge in [0, 0.05) is 12.6 Å². The Bertz CT molecular complexity index is 294. The topological polar surface area (TPSA) is 29.5 Å². The van der Waals surface area contributed by atoms with E-state index in [0.29, 0.717) is 0 Å². The fourth-order valence-electron chi connectivity index (χ4n) is 1.83. The van der Waals surface area contributed by atoms with Gasteiger partial charge in [0.2, 0.25) is 0 Å². The Hall–Kier alpha value is -0.353. The molecule has 1 saturated heterocycles. The molecule has 0 aromatic carbocycles. The largest absolute Gasteiger partial charge is 0.405 e. The zero-order chi connectivity index (χ0) is 13.4. The summed E-state index contributed by atoms with van der Waals surface area (Å²) < 4.78 is 6.20. The molecule has 0 N–H and O–H groups in total. The number of amides is 1. The molecule has 1 aliphatic heterocycles. The molecule has 3 nitrogen and oxygen atoms in total. The number of carbonyl (C=O) groups is 1. The molecule has 0 aromatic rings. The van der Waals surface area contributed by atoms with E-state index >= 15 is 0 Å². The van der Waals surface area contributed by atoms with Crippen molar-refractivity contribution in [2.45, 2.75) is 71.3 Å². The molecule has 1 rings (SSSR count). The van der Waals surface area contributed by atoms with Gasteiger partial charge in [0.05, 0.1) is 0 Å². The third-order valence-corrected chi connectivity index (χ3v) is 8.54. The van der Waals surface area contributed by atoms with Crippen molar-refractivity contribution < 1.29 is 9.22 Å². The maximum atomic E-state index is 12.2. The first kappa shape index (κ1) is 14.7. The van der Waals surface area contributed by atoms with Crippen molar-refractivity contribution in [3.63, 3.8) is 0 Å². The van der Waals surface area contributed by atoms with E-state index in [0.717, 1.165) is 13.0 Å². The standard InChI is InChI=1S/C13H27NO2Si/c1-10(2)14-9-8-11(12(14)15)16-17(6,7)13(3,4)5/h10-11H,8-9H2,1-7H3. The predicted octanol–water partition coefficient (Wildman–Crippen LogP) is 3.02. The molecular formula is C13H27NO2Si. The number of nitrogens with zero attached hydrogens (tertiary/aromatic N) is 1. The first-order valence-corrected chi connectivity index (χ1v) is 9.45. The van der Waals surface area contributed by atoms with Gasteiger partial charge in [-0.25, -0.2) is 0 Å². The van der Waals surface area contributed by atoms with Gasteiger partial charge in [-0.3, -0.25) is 4.79 Å². The zero-order valence-electron chi connectivity index (χ0n) is 12.3. The average molecular weight is 257 g/mol. The Balaban J connectivity index is 2.70. The van der Waals surface area contributed by atoms with Crippen LogP contribution < -0.4 is 0 Å². The van der Waals surface area contributed by atoms with Gasteiger partial charge in [0.15, 0.2) is 8.32 Å². The van der Waals surface area contributed by atoms with E-state index in [1.165, 1.54) is 0 Å². The first-order valence-electron chi connectivity index (χ1n) is 6.54. The Kier molecular flexibility index (Phi) is 4.09. The van der Waals surface area contributed by atoms with Crippen molar-refractivity contribution in [3.05, 3.63) is 0 Å². The van der Waals surface area contributed by atoms with Crippen LogP contribution in [0, 0.1) is 0 Å². The van der Waals surface area contributed by atoms with Gasteiger partial charge in [-0.1, -0.05) is 20.8 Å². The summed E-state index contributed by atoms with van der Waals surface area (Å²) in [4.78, 5) is 14.1. The second-order valence-electron chi connectivity index (χ2n) is 6.78. The number of hydrogen-bond donors (Lipinski definition) is 0. The summed E-state index contributed by atoms with van der Waals surface area (Å²) in [6.07, 6.45) is 0.655. The van der Waals surface area contributed by atoms with Crippen LogP contribution in [0.3, 0.4) is 0 Å². The molecule has 1 aliphatic rings. The summed E-state index contributed by atoms with van der Waals surface area (Å²) in [6, 6.07) is 0.288. The Morgan fingerprint density at radius 1 is 1.35 bits per heavy atom. The van der Waals surface area contributed by atoms with E-state index in [1.807, 2.05) is 4.90 Å². The van der Waals surface area contributed by atoms with Gasteiger partial charge in [-0.05, 0) is 38.4 Å². The van der Waals surface area contributed by atoms with E-state index in [1.54, 1.807) is 0 Å². The summed E-state index contributed by atoms with van der Waals surface area (Å²) >= 11 is 0. The summed E-state index contributed by atoms with van der Waals surface area (Å²) in [5.74, 6) is 0.185. The molecule has 0 aliphatic carbocycles. The number of rotatable bonds is 3. The van der Waals surface area contributed by atoms with Crippen LogP contribution in [0.1, 0.15) is 41.0 Å². The van der Waals surface area contributed by atoms with E-state index < -0.39 is 8.32 Å². The highest BCUT2D eigenvalue weighted by Gasteiger charge is 2.43. The molecule has 0 saturated carbocycles. The highest BCUT2D eigenvalue weighted by atomic mass is 28.4. The minimum Gasteiger partial charge on any atom is -0.405 e. The van der Waals surface area contributed by atoms with Gasteiger partial charge >= 0.3 is 0 Å². The fourth-order valence-corrected chi connectivity index (χ4v) is 3.11. The van der Waals surface area contributed by atoms with Crippen LogP contribution in [0.5, 0.6) is 0 Å². The molecule has 1 amide bonds. The van der Waals surface area contributed by atoms with Crippen LogP contribution >= 0.6 is 0 Å². The third-order valence-electron chi connectivity index (χ3n) is 4.06. The minimum absolute atomic E-state index is 0.165. The number of hydrogen-bond acceptors (Lipinski definition) is 2. The molecule has 1 unspecified atom stereocenters. The van der Waals surface area contributed by atoms with E-state index in [9.17, 15) is 4.79 Å². The van der Waals surface area contributed by atoms with E-state index in [2.05, 4.69) is 47.7 Å². The van der Waals surface area contributed by atoms with Crippen LogP contribution in [0.25, 0.3) is 0 Å². The molecule has 0 aromatic heterocycles. The summed E-state index contributed by atoms with van der Waals surface area (Å²) in [6.45, 7) is 16.0. The maximum absolute atomic E-state index is 12.2. The lowest BCUT2D eigenvalue weighted by Crippen LogP contribution is -2.46.